The number of aliphatic carboxylic acids is 1. The van der Waals surface area contributed by atoms with E-state index in [4.69, 9.17) is 4.74 Å². The highest BCUT2D eigenvalue weighted by Crippen LogP contribution is 2.37. The first-order chi connectivity index (χ1) is 12.1. The van der Waals surface area contributed by atoms with Crippen molar-refractivity contribution in [1.82, 2.24) is 10.3 Å². The zero-order valence-corrected chi connectivity index (χ0v) is 15.4. The summed E-state index contributed by atoms with van der Waals surface area (Å²) in [6.07, 6.45) is 6.24. The fraction of sp³-hybridized carbons (Fsp3) is 0.722. The van der Waals surface area contributed by atoms with Gasteiger partial charge in [0.1, 0.15) is 4.88 Å². The van der Waals surface area contributed by atoms with E-state index in [1.165, 1.54) is 24.2 Å². The highest BCUT2D eigenvalue weighted by Gasteiger charge is 2.31. The second-order valence-corrected chi connectivity index (χ2v) is 8.08. The molecular formula is C18H26N2O4S. The molecule has 7 heteroatoms. The normalized spacial score (nSPS) is 20.5. The predicted octanol–water partition coefficient (Wildman–Crippen LogP) is 2.97. The van der Waals surface area contributed by atoms with Gasteiger partial charge in [0.25, 0.3) is 5.91 Å². The van der Waals surface area contributed by atoms with Gasteiger partial charge in [0.05, 0.1) is 16.6 Å². The third kappa shape index (κ3) is 4.39. The molecule has 1 aromatic rings. The molecule has 0 spiro atoms. The molecule has 1 atom stereocenters. The molecule has 2 aliphatic rings. The Balaban J connectivity index is 1.61. The van der Waals surface area contributed by atoms with Gasteiger partial charge in [0, 0.05) is 25.7 Å². The van der Waals surface area contributed by atoms with Crippen molar-refractivity contribution in [3.05, 3.63) is 15.6 Å². The number of carbonyl (C=O) groups is 2. The van der Waals surface area contributed by atoms with E-state index in [0.717, 1.165) is 36.4 Å². The van der Waals surface area contributed by atoms with Gasteiger partial charge < -0.3 is 15.2 Å². The van der Waals surface area contributed by atoms with Crippen molar-refractivity contribution in [2.24, 2.45) is 11.8 Å². The molecule has 1 aliphatic carbocycles. The zero-order chi connectivity index (χ0) is 17.8. The Morgan fingerprint density at radius 1 is 1.28 bits per heavy atom. The SMILES string of the molecule is Cc1nc(C2CCCC2)sc1C(=O)NCC(C(=O)O)C1CCOCC1. The van der Waals surface area contributed by atoms with E-state index in [1.54, 1.807) is 0 Å². The van der Waals surface area contributed by atoms with E-state index in [1.807, 2.05) is 6.92 Å². The minimum absolute atomic E-state index is 0.0585. The van der Waals surface area contributed by atoms with Crippen LogP contribution in [0.2, 0.25) is 0 Å². The number of thiazole rings is 1. The summed E-state index contributed by atoms with van der Waals surface area (Å²) in [5.74, 6) is -1.06. The van der Waals surface area contributed by atoms with Crippen LogP contribution in [0.5, 0.6) is 0 Å². The fourth-order valence-corrected chi connectivity index (χ4v) is 4.98. The van der Waals surface area contributed by atoms with Gasteiger partial charge in [-0.05, 0) is 38.5 Å². The number of aryl methyl sites for hydroxylation is 1. The summed E-state index contributed by atoms with van der Waals surface area (Å²) in [5, 5.41) is 13.4. The minimum Gasteiger partial charge on any atom is -0.481 e. The van der Waals surface area contributed by atoms with Crippen LogP contribution in [0.15, 0.2) is 0 Å². The molecule has 0 bridgehead atoms. The number of amides is 1. The van der Waals surface area contributed by atoms with Gasteiger partial charge in [-0.3, -0.25) is 9.59 Å². The summed E-state index contributed by atoms with van der Waals surface area (Å²) in [6.45, 7) is 3.22. The van der Waals surface area contributed by atoms with Crippen LogP contribution in [-0.2, 0) is 9.53 Å². The number of nitrogens with one attached hydrogen (secondary N) is 1. The van der Waals surface area contributed by atoms with Crippen LogP contribution in [0.4, 0.5) is 0 Å². The predicted molar refractivity (Wildman–Crippen MR) is 95.1 cm³/mol. The molecule has 3 rings (SSSR count). The van der Waals surface area contributed by atoms with Crippen molar-refractivity contribution < 1.29 is 19.4 Å². The van der Waals surface area contributed by atoms with Crippen molar-refractivity contribution >= 4 is 23.2 Å². The van der Waals surface area contributed by atoms with E-state index >= 15 is 0 Å². The lowest BCUT2D eigenvalue weighted by atomic mass is 9.86. The first-order valence-corrected chi connectivity index (χ1v) is 9.94. The van der Waals surface area contributed by atoms with Gasteiger partial charge in [-0.25, -0.2) is 4.98 Å². The molecule has 6 nitrogen and oxygen atoms in total. The number of aromatic nitrogens is 1. The maximum Gasteiger partial charge on any atom is 0.308 e. The van der Waals surface area contributed by atoms with Gasteiger partial charge >= 0.3 is 5.97 Å². The van der Waals surface area contributed by atoms with Crippen molar-refractivity contribution in [3.8, 4) is 0 Å². The number of rotatable bonds is 6. The van der Waals surface area contributed by atoms with E-state index in [0.29, 0.717) is 24.0 Å². The van der Waals surface area contributed by atoms with Gasteiger partial charge in [-0.15, -0.1) is 11.3 Å². The Hall–Kier alpha value is -1.47. The lowest BCUT2D eigenvalue weighted by Crippen LogP contribution is -2.38. The fourth-order valence-electron chi connectivity index (χ4n) is 3.83. The molecule has 1 unspecified atom stereocenters. The van der Waals surface area contributed by atoms with E-state index in [2.05, 4.69) is 10.3 Å². The van der Waals surface area contributed by atoms with Crippen LogP contribution in [0, 0.1) is 18.8 Å². The Bertz CT molecular complexity index is 619. The molecule has 138 valence electrons. The number of carbonyl (C=O) groups excluding carboxylic acids is 1. The Labute approximate surface area is 152 Å². The van der Waals surface area contributed by atoms with Crippen LogP contribution < -0.4 is 5.32 Å². The quantitative estimate of drug-likeness (QED) is 0.808. The molecule has 1 amide bonds. The first-order valence-electron chi connectivity index (χ1n) is 9.12. The van der Waals surface area contributed by atoms with Crippen molar-refractivity contribution in [1.29, 1.82) is 0 Å². The number of hydrogen-bond donors (Lipinski definition) is 2. The molecule has 2 N–H and O–H groups in total. The summed E-state index contributed by atoms with van der Waals surface area (Å²) in [6, 6.07) is 0. The van der Waals surface area contributed by atoms with Crippen LogP contribution >= 0.6 is 11.3 Å². The van der Waals surface area contributed by atoms with E-state index < -0.39 is 11.9 Å². The molecule has 2 fully saturated rings. The summed E-state index contributed by atoms with van der Waals surface area (Å²) >= 11 is 1.47. The number of carboxylic acid groups (broad SMARTS) is 1. The standard InChI is InChI=1S/C18H26N2O4S/c1-11-15(25-17(20-11)13-4-2-3-5-13)16(21)19-10-14(18(22)23)12-6-8-24-9-7-12/h12-14H,2-10H2,1H3,(H,19,21)(H,22,23). The number of carboxylic acids is 1. The zero-order valence-electron chi connectivity index (χ0n) is 14.6. The van der Waals surface area contributed by atoms with Crippen LogP contribution in [0.25, 0.3) is 0 Å². The lowest BCUT2D eigenvalue weighted by molar-refractivity contribution is -0.144. The van der Waals surface area contributed by atoms with E-state index in [9.17, 15) is 14.7 Å². The number of hydrogen-bond acceptors (Lipinski definition) is 5. The first kappa shape index (κ1) is 18.3. The maximum atomic E-state index is 12.5. The van der Waals surface area contributed by atoms with Crippen molar-refractivity contribution in [2.45, 2.75) is 51.4 Å². The summed E-state index contributed by atoms with van der Waals surface area (Å²) in [7, 11) is 0. The molecule has 1 aromatic heterocycles. The molecule has 0 aromatic carbocycles. The largest absolute Gasteiger partial charge is 0.481 e. The third-order valence-corrected chi connectivity index (χ3v) is 6.68. The Kier molecular flexibility index (Phi) is 6.06. The van der Waals surface area contributed by atoms with Gasteiger partial charge in [0.15, 0.2) is 0 Å². The molecule has 25 heavy (non-hydrogen) atoms. The molecule has 0 radical (unpaired) electrons. The van der Waals surface area contributed by atoms with Gasteiger partial charge in [-0.1, -0.05) is 12.8 Å². The average molecular weight is 366 g/mol. The summed E-state index contributed by atoms with van der Waals surface area (Å²) in [5.41, 5.74) is 0.752. The topological polar surface area (TPSA) is 88.5 Å². The molecular weight excluding hydrogens is 340 g/mol. The molecule has 1 saturated heterocycles. The van der Waals surface area contributed by atoms with E-state index in [-0.39, 0.29) is 18.4 Å². The minimum atomic E-state index is -0.847. The van der Waals surface area contributed by atoms with Gasteiger partial charge in [-0.2, -0.15) is 0 Å². The smallest absolute Gasteiger partial charge is 0.308 e. The van der Waals surface area contributed by atoms with Gasteiger partial charge in [0.2, 0.25) is 0 Å². The maximum absolute atomic E-state index is 12.5. The second-order valence-electron chi connectivity index (χ2n) is 7.05. The third-order valence-electron chi connectivity index (χ3n) is 5.36. The molecule has 1 saturated carbocycles. The van der Waals surface area contributed by atoms with Crippen molar-refractivity contribution in [3.63, 3.8) is 0 Å². The highest BCUT2D eigenvalue weighted by atomic mass is 32.1. The van der Waals surface area contributed by atoms with Crippen LogP contribution in [-0.4, -0.2) is 41.7 Å². The Morgan fingerprint density at radius 2 is 1.96 bits per heavy atom. The Morgan fingerprint density at radius 3 is 2.60 bits per heavy atom. The highest BCUT2D eigenvalue weighted by molar-refractivity contribution is 7.13. The monoisotopic (exact) mass is 366 g/mol. The molecule has 1 aliphatic heterocycles. The second kappa shape index (κ2) is 8.27. The number of nitrogens with zero attached hydrogens (tertiary/aromatic N) is 1. The summed E-state index contributed by atoms with van der Waals surface area (Å²) in [4.78, 5) is 29.3. The lowest BCUT2D eigenvalue weighted by Gasteiger charge is -2.27. The van der Waals surface area contributed by atoms with Crippen molar-refractivity contribution in [2.75, 3.05) is 19.8 Å². The summed E-state index contributed by atoms with van der Waals surface area (Å²) < 4.78 is 5.30. The number of ether oxygens (including phenoxy) is 1. The average Bonchev–Trinajstić information content (AvgIpc) is 3.25. The molecule has 2 heterocycles. The van der Waals surface area contributed by atoms with Crippen LogP contribution in [0.1, 0.15) is 64.8 Å². The van der Waals surface area contributed by atoms with Crippen LogP contribution in [0.3, 0.4) is 0 Å².